The molecule has 0 radical (unpaired) electrons. The third-order valence-corrected chi connectivity index (χ3v) is 4.95. The summed E-state index contributed by atoms with van der Waals surface area (Å²) in [5, 5.41) is 1.31. The van der Waals surface area contributed by atoms with E-state index in [1.165, 1.54) is 0 Å². The quantitative estimate of drug-likeness (QED) is 0.437. The van der Waals surface area contributed by atoms with Crippen LogP contribution in [0, 0.1) is 0 Å². The Morgan fingerprint density at radius 1 is 1.12 bits per heavy atom. The molecule has 0 spiro atoms. The smallest absolute Gasteiger partial charge is 0.173 e. The standard InChI is InChI=1S/C20H16ClN3OS/c1-26-20-23-17(18-19(21)22-10-11-24(18)20)15-8-5-9-16(12-15)25-13-14-6-3-2-4-7-14/h2-12H,13H2,1H3. The third-order valence-electron chi connectivity index (χ3n) is 4.02. The first-order valence-electron chi connectivity index (χ1n) is 8.10. The highest BCUT2D eigenvalue weighted by Crippen LogP contribution is 2.33. The zero-order valence-electron chi connectivity index (χ0n) is 14.1. The van der Waals surface area contributed by atoms with E-state index < -0.39 is 0 Å². The lowest BCUT2D eigenvalue weighted by atomic mass is 10.1. The minimum Gasteiger partial charge on any atom is -0.489 e. The fourth-order valence-electron chi connectivity index (χ4n) is 2.79. The SMILES string of the molecule is CSc1nc(-c2cccc(OCc3ccccc3)c2)c2c(Cl)nccn12. The maximum atomic E-state index is 6.35. The fourth-order valence-corrected chi connectivity index (χ4v) is 3.56. The zero-order chi connectivity index (χ0) is 17.9. The summed E-state index contributed by atoms with van der Waals surface area (Å²) >= 11 is 7.92. The van der Waals surface area contributed by atoms with Gasteiger partial charge >= 0.3 is 0 Å². The minimum atomic E-state index is 0.436. The average molecular weight is 382 g/mol. The van der Waals surface area contributed by atoms with Gasteiger partial charge in [-0.05, 0) is 24.0 Å². The number of hydrogen-bond acceptors (Lipinski definition) is 4. The van der Waals surface area contributed by atoms with Gasteiger partial charge in [0.25, 0.3) is 0 Å². The molecule has 2 aromatic carbocycles. The van der Waals surface area contributed by atoms with Gasteiger partial charge in [0.2, 0.25) is 0 Å². The Hall–Kier alpha value is -2.50. The molecule has 2 heterocycles. The fraction of sp³-hybridized carbons (Fsp3) is 0.100. The normalized spacial score (nSPS) is 11.0. The second-order valence-corrected chi connectivity index (χ2v) is 6.82. The molecule has 0 fully saturated rings. The molecular weight excluding hydrogens is 366 g/mol. The van der Waals surface area contributed by atoms with Gasteiger partial charge in [0, 0.05) is 18.0 Å². The molecule has 0 bridgehead atoms. The topological polar surface area (TPSA) is 39.4 Å². The number of halogens is 1. The summed E-state index contributed by atoms with van der Waals surface area (Å²) < 4.78 is 7.91. The highest BCUT2D eigenvalue weighted by molar-refractivity contribution is 7.98. The van der Waals surface area contributed by atoms with Gasteiger partial charge in [-0.25, -0.2) is 9.97 Å². The predicted molar refractivity (Wildman–Crippen MR) is 106 cm³/mol. The Labute approximate surface area is 160 Å². The number of imidazole rings is 1. The Morgan fingerprint density at radius 3 is 2.77 bits per heavy atom. The number of ether oxygens (including phenoxy) is 1. The summed E-state index contributed by atoms with van der Waals surface area (Å²) in [4.78, 5) is 8.95. The van der Waals surface area contributed by atoms with Crippen molar-refractivity contribution < 1.29 is 4.74 Å². The third kappa shape index (κ3) is 3.28. The molecule has 0 aliphatic carbocycles. The molecule has 0 amide bonds. The first-order valence-corrected chi connectivity index (χ1v) is 9.70. The molecule has 0 unspecified atom stereocenters. The van der Waals surface area contributed by atoms with Gasteiger partial charge < -0.3 is 4.74 Å². The number of nitrogens with zero attached hydrogens (tertiary/aromatic N) is 3. The van der Waals surface area contributed by atoms with Crippen molar-refractivity contribution in [3.63, 3.8) is 0 Å². The van der Waals surface area contributed by atoms with E-state index in [0.29, 0.717) is 11.8 Å². The van der Waals surface area contributed by atoms with E-state index in [1.54, 1.807) is 18.0 Å². The van der Waals surface area contributed by atoms with Crippen molar-refractivity contribution in [3.05, 3.63) is 77.7 Å². The molecule has 130 valence electrons. The molecule has 6 heteroatoms. The summed E-state index contributed by atoms with van der Waals surface area (Å²) in [6, 6.07) is 18.0. The summed E-state index contributed by atoms with van der Waals surface area (Å²) in [5.41, 5.74) is 3.68. The van der Waals surface area contributed by atoms with Crippen LogP contribution in [-0.4, -0.2) is 20.6 Å². The van der Waals surface area contributed by atoms with Crippen molar-refractivity contribution in [1.29, 1.82) is 0 Å². The number of hydrogen-bond donors (Lipinski definition) is 0. The number of fused-ring (bicyclic) bond motifs is 1. The van der Waals surface area contributed by atoms with Crippen molar-refractivity contribution in [2.24, 2.45) is 0 Å². The van der Waals surface area contributed by atoms with Gasteiger partial charge in [0.15, 0.2) is 10.3 Å². The molecule has 0 saturated carbocycles. The second-order valence-electron chi connectivity index (χ2n) is 5.69. The van der Waals surface area contributed by atoms with Crippen molar-refractivity contribution in [2.75, 3.05) is 6.26 Å². The zero-order valence-corrected chi connectivity index (χ0v) is 15.7. The van der Waals surface area contributed by atoms with E-state index in [1.807, 2.05) is 71.5 Å². The van der Waals surface area contributed by atoms with Gasteiger partial charge in [-0.1, -0.05) is 65.8 Å². The van der Waals surface area contributed by atoms with Crippen LogP contribution in [-0.2, 0) is 6.61 Å². The maximum absolute atomic E-state index is 6.35. The lowest BCUT2D eigenvalue weighted by Crippen LogP contribution is -1.95. The Morgan fingerprint density at radius 2 is 1.96 bits per heavy atom. The van der Waals surface area contributed by atoms with Crippen molar-refractivity contribution in [1.82, 2.24) is 14.4 Å². The second kappa shape index (κ2) is 7.40. The van der Waals surface area contributed by atoms with Crippen LogP contribution in [0.2, 0.25) is 5.15 Å². The van der Waals surface area contributed by atoms with Crippen LogP contribution in [0.1, 0.15) is 5.56 Å². The predicted octanol–water partition coefficient (Wildman–Crippen LogP) is 5.35. The summed E-state index contributed by atoms with van der Waals surface area (Å²) in [6.07, 6.45) is 5.55. The van der Waals surface area contributed by atoms with Crippen molar-refractivity contribution in [3.8, 4) is 17.0 Å². The summed E-state index contributed by atoms with van der Waals surface area (Å²) in [7, 11) is 0. The number of thioether (sulfide) groups is 1. The lowest BCUT2D eigenvalue weighted by molar-refractivity contribution is 0.306. The number of rotatable bonds is 5. The van der Waals surface area contributed by atoms with Gasteiger partial charge in [0.05, 0.1) is 0 Å². The van der Waals surface area contributed by atoms with E-state index in [0.717, 1.165) is 33.2 Å². The number of aromatic nitrogens is 3. The van der Waals surface area contributed by atoms with E-state index in [2.05, 4.69) is 4.98 Å². The number of benzene rings is 2. The van der Waals surface area contributed by atoms with E-state index in [4.69, 9.17) is 21.3 Å². The molecule has 4 nitrogen and oxygen atoms in total. The van der Waals surface area contributed by atoms with Gasteiger partial charge in [-0.2, -0.15) is 0 Å². The first kappa shape index (κ1) is 16.9. The van der Waals surface area contributed by atoms with Gasteiger partial charge in [0.1, 0.15) is 23.6 Å². The molecule has 0 aliphatic heterocycles. The minimum absolute atomic E-state index is 0.436. The van der Waals surface area contributed by atoms with Crippen molar-refractivity contribution in [2.45, 2.75) is 11.8 Å². The largest absolute Gasteiger partial charge is 0.489 e. The molecule has 0 saturated heterocycles. The van der Waals surface area contributed by atoms with Gasteiger partial charge in [-0.3, -0.25) is 4.40 Å². The van der Waals surface area contributed by atoms with Crippen LogP contribution in [0.25, 0.3) is 16.8 Å². The maximum Gasteiger partial charge on any atom is 0.173 e. The molecule has 4 aromatic rings. The van der Waals surface area contributed by atoms with E-state index in [-0.39, 0.29) is 0 Å². The Balaban J connectivity index is 1.70. The highest BCUT2D eigenvalue weighted by Gasteiger charge is 2.16. The van der Waals surface area contributed by atoms with Crippen LogP contribution >= 0.6 is 23.4 Å². The highest BCUT2D eigenvalue weighted by atomic mass is 35.5. The summed E-state index contributed by atoms with van der Waals surface area (Å²) in [5.74, 6) is 0.790. The molecule has 26 heavy (non-hydrogen) atoms. The Kier molecular flexibility index (Phi) is 4.82. The monoisotopic (exact) mass is 381 g/mol. The van der Waals surface area contributed by atoms with Crippen molar-refractivity contribution >= 4 is 28.9 Å². The van der Waals surface area contributed by atoms with Crippen LogP contribution in [0.4, 0.5) is 0 Å². The molecule has 4 rings (SSSR count). The summed E-state index contributed by atoms with van der Waals surface area (Å²) in [6.45, 7) is 0.520. The molecule has 0 N–H and O–H groups in total. The molecule has 0 aliphatic rings. The van der Waals surface area contributed by atoms with Crippen LogP contribution in [0.15, 0.2) is 72.1 Å². The Bertz CT molecular complexity index is 1050. The van der Waals surface area contributed by atoms with E-state index >= 15 is 0 Å². The molecular formula is C20H16ClN3OS. The van der Waals surface area contributed by atoms with Gasteiger partial charge in [-0.15, -0.1) is 0 Å². The average Bonchev–Trinajstić information content (AvgIpc) is 3.08. The molecule has 0 atom stereocenters. The van der Waals surface area contributed by atoms with Crippen LogP contribution < -0.4 is 4.74 Å². The van der Waals surface area contributed by atoms with E-state index in [9.17, 15) is 0 Å². The first-order chi connectivity index (χ1) is 12.8. The van der Waals surface area contributed by atoms with Crippen LogP contribution in [0.5, 0.6) is 5.75 Å². The lowest BCUT2D eigenvalue weighted by Gasteiger charge is -2.08. The molecule has 2 aromatic heterocycles. The van der Waals surface area contributed by atoms with Crippen LogP contribution in [0.3, 0.4) is 0 Å².